The first-order valence-electron chi connectivity index (χ1n) is 7.94. The number of nitrogens with zero attached hydrogens (tertiary/aromatic N) is 1. The molecule has 1 aliphatic rings. The molecule has 0 saturated carbocycles. The monoisotopic (exact) mass is 334 g/mol. The highest BCUT2D eigenvalue weighted by molar-refractivity contribution is 5.93. The van der Waals surface area contributed by atoms with Crippen molar-refractivity contribution in [1.29, 1.82) is 0 Å². The molecule has 7 N–H and O–H groups in total. The lowest BCUT2D eigenvalue weighted by Gasteiger charge is -2.23. The number of carbonyl (C=O) groups excluding carboxylic acids is 1. The van der Waals surface area contributed by atoms with Gasteiger partial charge in [-0.25, -0.2) is 0 Å². The smallest absolute Gasteiger partial charge is 0.271 e. The van der Waals surface area contributed by atoms with Gasteiger partial charge in [0.1, 0.15) is 17.7 Å². The number of nitrogens with two attached hydrogens (primary N) is 1. The molecule has 0 saturated heterocycles. The van der Waals surface area contributed by atoms with Crippen molar-refractivity contribution in [2.24, 2.45) is 0 Å². The number of nitrogen functional groups attached to an aromatic ring is 1. The summed E-state index contributed by atoms with van der Waals surface area (Å²) < 4.78 is 0. The Balaban J connectivity index is 1.83. The van der Waals surface area contributed by atoms with Gasteiger partial charge >= 0.3 is 0 Å². The number of likely N-dealkylation sites (N-methyl/N-ethyl adjacent to an activating group) is 1. The molecule has 1 amide bonds. The van der Waals surface area contributed by atoms with Crippen LogP contribution >= 0.6 is 0 Å². The summed E-state index contributed by atoms with van der Waals surface area (Å²) in [5.74, 6) is 0.460. The molecule has 0 spiro atoms. The van der Waals surface area contributed by atoms with E-state index in [0.29, 0.717) is 31.3 Å². The van der Waals surface area contributed by atoms with Crippen LogP contribution in [0.4, 0.5) is 5.69 Å². The van der Waals surface area contributed by atoms with Crippen LogP contribution in [0.5, 0.6) is 0 Å². The van der Waals surface area contributed by atoms with Gasteiger partial charge < -0.3 is 31.7 Å². The normalized spacial score (nSPS) is 15.2. The zero-order valence-corrected chi connectivity index (χ0v) is 14.1. The van der Waals surface area contributed by atoms with Crippen LogP contribution in [0.15, 0.2) is 35.8 Å². The van der Waals surface area contributed by atoms with E-state index in [-0.39, 0.29) is 5.91 Å². The van der Waals surface area contributed by atoms with E-state index in [1.54, 1.807) is 19.0 Å². The molecule has 1 atom stereocenters. The molecule has 0 aliphatic carbocycles. The number of hydrogen-bond acceptors (Lipinski definition) is 7. The molecule has 1 aromatic carbocycles. The largest absolute Gasteiger partial charge is 0.399 e. The second kappa shape index (κ2) is 8.42. The van der Waals surface area contributed by atoms with Gasteiger partial charge in [-0.1, -0.05) is 12.1 Å². The molecule has 2 rings (SSSR count). The SMILES string of the molecule is CNC(=O)C1=C(NC)NCN1CC(O)NCCc1ccc(N)cc1. The van der Waals surface area contributed by atoms with Gasteiger partial charge in [0, 0.05) is 26.3 Å². The number of aliphatic hydroxyl groups is 1. The Kier molecular flexibility index (Phi) is 6.28. The van der Waals surface area contributed by atoms with E-state index in [1.807, 2.05) is 24.3 Å². The molecular formula is C16H26N6O2. The first kappa shape index (κ1) is 17.9. The number of β-amino-alcohol motifs (C(OH)–C–C–N with tert-alkyl or cyclic N) is 1. The summed E-state index contributed by atoms with van der Waals surface area (Å²) in [7, 11) is 3.33. The number of benzene rings is 1. The maximum absolute atomic E-state index is 12.0. The van der Waals surface area contributed by atoms with E-state index in [1.165, 1.54) is 0 Å². The Morgan fingerprint density at radius 3 is 2.71 bits per heavy atom. The van der Waals surface area contributed by atoms with Crippen LogP contribution in [-0.2, 0) is 11.2 Å². The zero-order valence-electron chi connectivity index (χ0n) is 14.1. The van der Waals surface area contributed by atoms with Gasteiger partial charge in [-0.15, -0.1) is 0 Å². The number of hydrogen-bond donors (Lipinski definition) is 6. The fraction of sp³-hybridized carbons (Fsp3) is 0.438. The second-order valence-corrected chi connectivity index (χ2v) is 5.57. The van der Waals surface area contributed by atoms with Crippen molar-refractivity contribution in [2.75, 3.05) is 39.6 Å². The summed E-state index contributed by atoms with van der Waals surface area (Å²) in [6, 6.07) is 7.67. The second-order valence-electron chi connectivity index (χ2n) is 5.57. The van der Waals surface area contributed by atoms with Crippen molar-refractivity contribution in [3.8, 4) is 0 Å². The van der Waals surface area contributed by atoms with Crippen LogP contribution in [0.25, 0.3) is 0 Å². The minimum Gasteiger partial charge on any atom is -0.399 e. The molecule has 132 valence electrons. The van der Waals surface area contributed by atoms with Crippen molar-refractivity contribution in [3.63, 3.8) is 0 Å². The van der Waals surface area contributed by atoms with E-state index in [2.05, 4.69) is 21.3 Å². The Bertz CT molecular complexity index is 587. The van der Waals surface area contributed by atoms with E-state index in [0.717, 1.165) is 17.7 Å². The lowest BCUT2D eigenvalue weighted by atomic mass is 10.1. The third-order valence-corrected chi connectivity index (χ3v) is 3.86. The highest BCUT2D eigenvalue weighted by Gasteiger charge is 2.28. The summed E-state index contributed by atoms with van der Waals surface area (Å²) in [5.41, 5.74) is 8.04. The Morgan fingerprint density at radius 2 is 2.08 bits per heavy atom. The van der Waals surface area contributed by atoms with Gasteiger partial charge in [0.15, 0.2) is 0 Å². The molecule has 0 fully saturated rings. The Morgan fingerprint density at radius 1 is 1.38 bits per heavy atom. The maximum Gasteiger partial charge on any atom is 0.271 e. The zero-order chi connectivity index (χ0) is 17.5. The summed E-state index contributed by atoms with van der Waals surface area (Å²) in [5, 5.41) is 21.9. The van der Waals surface area contributed by atoms with Crippen LogP contribution in [0, 0.1) is 0 Å². The number of aliphatic hydroxyl groups excluding tert-OH is 1. The van der Waals surface area contributed by atoms with Gasteiger partial charge in [0.05, 0.1) is 13.2 Å². The van der Waals surface area contributed by atoms with E-state index >= 15 is 0 Å². The lowest BCUT2D eigenvalue weighted by molar-refractivity contribution is -0.118. The highest BCUT2D eigenvalue weighted by atomic mass is 16.3. The van der Waals surface area contributed by atoms with Gasteiger partial charge in [-0.3, -0.25) is 10.1 Å². The average molecular weight is 334 g/mol. The fourth-order valence-corrected chi connectivity index (χ4v) is 2.57. The number of anilines is 1. The summed E-state index contributed by atoms with van der Waals surface area (Å²) in [6.07, 6.45) is 0.0478. The van der Waals surface area contributed by atoms with Crippen LogP contribution < -0.4 is 27.0 Å². The highest BCUT2D eigenvalue weighted by Crippen LogP contribution is 2.13. The quantitative estimate of drug-likeness (QED) is 0.259. The topological polar surface area (TPSA) is 115 Å². The molecule has 24 heavy (non-hydrogen) atoms. The molecule has 0 aromatic heterocycles. The van der Waals surface area contributed by atoms with Crippen molar-refractivity contribution in [2.45, 2.75) is 12.6 Å². The van der Waals surface area contributed by atoms with E-state index < -0.39 is 6.23 Å². The maximum atomic E-state index is 12.0. The number of amides is 1. The molecule has 0 radical (unpaired) electrons. The van der Waals surface area contributed by atoms with Gasteiger partial charge in [0.25, 0.3) is 5.91 Å². The first-order valence-corrected chi connectivity index (χ1v) is 7.94. The van der Waals surface area contributed by atoms with Gasteiger partial charge in [-0.2, -0.15) is 0 Å². The van der Waals surface area contributed by atoms with Crippen LogP contribution in [-0.4, -0.2) is 56.0 Å². The van der Waals surface area contributed by atoms with Crippen molar-refractivity contribution >= 4 is 11.6 Å². The molecule has 0 bridgehead atoms. The Labute approximate surface area is 142 Å². The molecule has 1 unspecified atom stereocenters. The number of carbonyl (C=O) groups is 1. The van der Waals surface area contributed by atoms with E-state index in [4.69, 9.17) is 5.73 Å². The predicted molar refractivity (Wildman–Crippen MR) is 93.4 cm³/mol. The molecular weight excluding hydrogens is 308 g/mol. The molecule has 8 nitrogen and oxygen atoms in total. The van der Waals surface area contributed by atoms with Crippen molar-refractivity contribution < 1.29 is 9.90 Å². The van der Waals surface area contributed by atoms with Gasteiger partial charge in [-0.05, 0) is 24.1 Å². The molecule has 1 aromatic rings. The molecule has 1 aliphatic heterocycles. The summed E-state index contributed by atoms with van der Waals surface area (Å²) in [4.78, 5) is 13.8. The standard InChI is InChI=1S/C16H26N6O2/c1-18-15-14(16(24)19-2)22(10-21-15)9-13(23)20-8-7-11-3-5-12(17)6-4-11/h3-6,13,18,20-21,23H,7-10,17H2,1-2H3,(H,19,24). The minimum absolute atomic E-state index is 0.196. The number of rotatable bonds is 8. The van der Waals surface area contributed by atoms with Crippen molar-refractivity contribution in [3.05, 3.63) is 41.3 Å². The molecule has 1 heterocycles. The number of nitrogens with one attached hydrogen (secondary N) is 4. The summed E-state index contributed by atoms with van der Waals surface area (Å²) >= 11 is 0. The Hall–Kier alpha value is -2.45. The molecule has 8 heteroatoms. The fourth-order valence-electron chi connectivity index (χ4n) is 2.57. The van der Waals surface area contributed by atoms with Crippen LogP contribution in [0.2, 0.25) is 0 Å². The van der Waals surface area contributed by atoms with Crippen LogP contribution in [0.1, 0.15) is 5.56 Å². The summed E-state index contributed by atoms with van der Waals surface area (Å²) in [6.45, 7) is 1.41. The third kappa shape index (κ3) is 4.53. The minimum atomic E-state index is -0.739. The lowest BCUT2D eigenvalue weighted by Crippen LogP contribution is -2.43. The average Bonchev–Trinajstić information content (AvgIpc) is 2.98. The van der Waals surface area contributed by atoms with Crippen LogP contribution in [0.3, 0.4) is 0 Å². The predicted octanol–water partition coefficient (Wildman–Crippen LogP) is -1.28. The van der Waals surface area contributed by atoms with E-state index in [9.17, 15) is 9.90 Å². The first-order chi connectivity index (χ1) is 11.5. The van der Waals surface area contributed by atoms with Crippen molar-refractivity contribution in [1.82, 2.24) is 26.2 Å². The third-order valence-electron chi connectivity index (χ3n) is 3.86. The van der Waals surface area contributed by atoms with Gasteiger partial charge in [0.2, 0.25) is 0 Å².